The molecule has 0 spiro atoms. The van der Waals surface area contributed by atoms with Gasteiger partial charge in [0.15, 0.2) is 0 Å². The van der Waals surface area contributed by atoms with E-state index >= 15 is 0 Å². The summed E-state index contributed by atoms with van der Waals surface area (Å²) in [5.41, 5.74) is 7.31. The number of aryl methyl sites for hydroxylation is 1. The molecule has 2 rings (SSSR count). The van der Waals surface area contributed by atoms with Crippen LogP contribution in [0.4, 0.5) is 0 Å². The fourth-order valence-corrected chi connectivity index (χ4v) is 2.75. The van der Waals surface area contributed by atoms with E-state index in [1.54, 1.807) is 7.11 Å². The topological polar surface area (TPSA) is 72.6 Å². The number of ether oxygens (including phenoxy) is 1. The monoisotopic (exact) mass is 290 g/mol. The lowest BCUT2D eigenvalue weighted by Gasteiger charge is -2.30. The van der Waals surface area contributed by atoms with E-state index in [2.05, 4.69) is 0 Å². The summed E-state index contributed by atoms with van der Waals surface area (Å²) in [5, 5.41) is 0. The molecular formula is C16H22N2O3. The number of amides is 2. The van der Waals surface area contributed by atoms with Gasteiger partial charge in [-0.2, -0.15) is 0 Å². The maximum Gasteiger partial charge on any atom is 0.226 e. The van der Waals surface area contributed by atoms with E-state index in [0.717, 1.165) is 16.9 Å². The van der Waals surface area contributed by atoms with Gasteiger partial charge in [0.05, 0.1) is 13.5 Å². The molecule has 2 amide bonds. The van der Waals surface area contributed by atoms with Crippen LogP contribution in [0, 0.1) is 12.8 Å². The molecular weight excluding hydrogens is 268 g/mol. The van der Waals surface area contributed by atoms with E-state index in [-0.39, 0.29) is 17.7 Å². The molecule has 0 bridgehead atoms. The fraction of sp³-hybridized carbons (Fsp3) is 0.500. The van der Waals surface area contributed by atoms with Crippen LogP contribution in [0.5, 0.6) is 5.75 Å². The van der Waals surface area contributed by atoms with Gasteiger partial charge in [0, 0.05) is 19.0 Å². The van der Waals surface area contributed by atoms with Gasteiger partial charge in [-0.05, 0) is 37.0 Å². The summed E-state index contributed by atoms with van der Waals surface area (Å²) in [7, 11) is 1.63. The molecule has 1 aromatic carbocycles. The second kappa shape index (κ2) is 6.61. The first-order valence-corrected chi connectivity index (χ1v) is 7.22. The van der Waals surface area contributed by atoms with Crippen LogP contribution in [-0.2, 0) is 16.0 Å². The Labute approximate surface area is 125 Å². The predicted octanol–water partition coefficient (Wildman–Crippen LogP) is 1.27. The SMILES string of the molecule is COc1ccc(CC(=O)N2CCC(C(N)=O)CC2)cc1C. The predicted molar refractivity (Wildman–Crippen MR) is 79.9 cm³/mol. The maximum absolute atomic E-state index is 12.3. The Morgan fingerprint density at radius 2 is 2.00 bits per heavy atom. The number of nitrogens with zero attached hydrogens (tertiary/aromatic N) is 1. The van der Waals surface area contributed by atoms with E-state index < -0.39 is 0 Å². The van der Waals surface area contributed by atoms with Gasteiger partial charge in [0.1, 0.15) is 5.75 Å². The summed E-state index contributed by atoms with van der Waals surface area (Å²) in [4.78, 5) is 25.2. The Morgan fingerprint density at radius 3 is 2.52 bits per heavy atom. The minimum absolute atomic E-state index is 0.0859. The standard InChI is InChI=1S/C16H22N2O3/c1-11-9-12(3-4-14(11)21-2)10-15(19)18-7-5-13(6-8-18)16(17)20/h3-4,9,13H,5-8,10H2,1-2H3,(H2,17,20). The van der Waals surface area contributed by atoms with Crippen molar-refractivity contribution in [3.63, 3.8) is 0 Å². The van der Waals surface area contributed by atoms with Crippen molar-refractivity contribution < 1.29 is 14.3 Å². The maximum atomic E-state index is 12.3. The van der Waals surface area contributed by atoms with Gasteiger partial charge in [0.25, 0.3) is 0 Å². The third-order valence-corrected chi connectivity index (χ3v) is 4.06. The van der Waals surface area contributed by atoms with Crippen molar-refractivity contribution in [3.8, 4) is 5.75 Å². The van der Waals surface area contributed by atoms with E-state index in [1.165, 1.54) is 0 Å². The summed E-state index contributed by atoms with van der Waals surface area (Å²) >= 11 is 0. The molecule has 5 heteroatoms. The number of primary amides is 1. The number of nitrogens with two attached hydrogens (primary N) is 1. The molecule has 1 saturated heterocycles. The second-order valence-electron chi connectivity index (χ2n) is 5.54. The molecule has 2 N–H and O–H groups in total. The number of hydrogen-bond donors (Lipinski definition) is 1. The molecule has 0 atom stereocenters. The van der Waals surface area contributed by atoms with Gasteiger partial charge in [-0.25, -0.2) is 0 Å². The Kier molecular flexibility index (Phi) is 4.83. The lowest BCUT2D eigenvalue weighted by Crippen LogP contribution is -2.42. The Balaban J connectivity index is 1.93. The number of rotatable bonds is 4. The molecule has 0 radical (unpaired) electrons. The number of hydrogen-bond acceptors (Lipinski definition) is 3. The van der Waals surface area contributed by atoms with Crippen molar-refractivity contribution in [1.29, 1.82) is 0 Å². The third-order valence-electron chi connectivity index (χ3n) is 4.06. The molecule has 0 aliphatic carbocycles. The molecule has 1 aliphatic heterocycles. The van der Waals surface area contributed by atoms with E-state index in [1.807, 2.05) is 30.0 Å². The molecule has 21 heavy (non-hydrogen) atoms. The zero-order valence-corrected chi connectivity index (χ0v) is 12.6. The van der Waals surface area contributed by atoms with Crippen molar-refractivity contribution >= 4 is 11.8 Å². The molecule has 5 nitrogen and oxygen atoms in total. The lowest BCUT2D eigenvalue weighted by molar-refractivity contribution is -0.134. The van der Waals surface area contributed by atoms with Gasteiger partial charge in [0.2, 0.25) is 11.8 Å². The Morgan fingerprint density at radius 1 is 1.33 bits per heavy atom. The van der Waals surface area contributed by atoms with E-state index in [0.29, 0.717) is 32.4 Å². The van der Waals surface area contributed by atoms with Crippen molar-refractivity contribution in [1.82, 2.24) is 4.90 Å². The molecule has 0 unspecified atom stereocenters. The van der Waals surface area contributed by atoms with Crippen LogP contribution in [-0.4, -0.2) is 36.9 Å². The Hall–Kier alpha value is -2.04. The van der Waals surface area contributed by atoms with Gasteiger partial charge in [-0.1, -0.05) is 12.1 Å². The first-order valence-electron chi connectivity index (χ1n) is 7.22. The summed E-state index contributed by atoms with van der Waals surface area (Å²) in [6.07, 6.45) is 1.72. The van der Waals surface area contributed by atoms with Crippen LogP contribution in [0.3, 0.4) is 0 Å². The Bertz CT molecular complexity index is 534. The minimum atomic E-state index is -0.257. The molecule has 0 saturated carbocycles. The second-order valence-corrected chi connectivity index (χ2v) is 5.54. The quantitative estimate of drug-likeness (QED) is 0.907. The van der Waals surface area contributed by atoms with Gasteiger partial charge in [-0.15, -0.1) is 0 Å². The molecule has 1 fully saturated rings. The van der Waals surface area contributed by atoms with Crippen LogP contribution >= 0.6 is 0 Å². The third kappa shape index (κ3) is 3.74. The van der Waals surface area contributed by atoms with Crippen molar-refractivity contribution in [2.24, 2.45) is 11.7 Å². The van der Waals surface area contributed by atoms with Crippen molar-refractivity contribution in [2.45, 2.75) is 26.2 Å². The molecule has 114 valence electrons. The van der Waals surface area contributed by atoms with Gasteiger partial charge in [-0.3, -0.25) is 9.59 Å². The highest BCUT2D eigenvalue weighted by atomic mass is 16.5. The molecule has 1 aromatic rings. The summed E-state index contributed by atoms with van der Waals surface area (Å²) in [5.74, 6) is 0.584. The number of benzene rings is 1. The average molecular weight is 290 g/mol. The fourth-order valence-electron chi connectivity index (χ4n) is 2.75. The van der Waals surface area contributed by atoms with E-state index in [9.17, 15) is 9.59 Å². The molecule has 0 aromatic heterocycles. The first-order chi connectivity index (χ1) is 10.0. The van der Waals surface area contributed by atoms with Crippen LogP contribution in [0.1, 0.15) is 24.0 Å². The first kappa shape index (κ1) is 15.4. The molecule has 1 aliphatic rings. The van der Waals surface area contributed by atoms with Crippen LogP contribution in [0.15, 0.2) is 18.2 Å². The number of methoxy groups -OCH3 is 1. The highest BCUT2D eigenvalue weighted by Gasteiger charge is 2.25. The molecule has 1 heterocycles. The normalized spacial score (nSPS) is 15.8. The van der Waals surface area contributed by atoms with Crippen LogP contribution in [0.25, 0.3) is 0 Å². The van der Waals surface area contributed by atoms with Gasteiger partial charge >= 0.3 is 0 Å². The number of carbonyl (C=O) groups is 2. The van der Waals surface area contributed by atoms with Crippen molar-refractivity contribution in [3.05, 3.63) is 29.3 Å². The average Bonchev–Trinajstić information content (AvgIpc) is 2.47. The van der Waals surface area contributed by atoms with E-state index in [4.69, 9.17) is 10.5 Å². The lowest BCUT2D eigenvalue weighted by atomic mass is 9.96. The zero-order chi connectivity index (χ0) is 15.4. The summed E-state index contributed by atoms with van der Waals surface area (Å²) in [6, 6.07) is 5.78. The summed E-state index contributed by atoms with van der Waals surface area (Å²) in [6.45, 7) is 3.19. The zero-order valence-electron chi connectivity index (χ0n) is 12.6. The van der Waals surface area contributed by atoms with Crippen molar-refractivity contribution in [2.75, 3.05) is 20.2 Å². The largest absolute Gasteiger partial charge is 0.496 e. The number of likely N-dealkylation sites (tertiary alicyclic amines) is 1. The highest BCUT2D eigenvalue weighted by molar-refractivity contribution is 5.80. The number of carbonyl (C=O) groups excluding carboxylic acids is 2. The summed E-state index contributed by atoms with van der Waals surface area (Å²) < 4.78 is 5.22. The van der Waals surface area contributed by atoms with Crippen LogP contribution in [0.2, 0.25) is 0 Å². The van der Waals surface area contributed by atoms with Crippen LogP contribution < -0.4 is 10.5 Å². The smallest absolute Gasteiger partial charge is 0.226 e. The highest BCUT2D eigenvalue weighted by Crippen LogP contribution is 2.21. The number of piperidine rings is 1. The van der Waals surface area contributed by atoms with Gasteiger partial charge < -0.3 is 15.4 Å². The minimum Gasteiger partial charge on any atom is -0.496 e.